The van der Waals surface area contributed by atoms with Crippen molar-refractivity contribution in [3.8, 4) is 0 Å². The highest BCUT2D eigenvalue weighted by atomic mass is 16.4. The van der Waals surface area contributed by atoms with Crippen LogP contribution in [-0.4, -0.2) is 43.8 Å². The van der Waals surface area contributed by atoms with Crippen LogP contribution in [0.1, 0.15) is 78.1 Å². The zero-order chi connectivity index (χ0) is 17.6. The van der Waals surface area contributed by atoms with E-state index < -0.39 is 5.97 Å². The Morgan fingerprint density at radius 2 is 1.17 bits per heavy atom. The third-order valence-electron chi connectivity index (χ3n) is 3.51. The Kier molecular flexibility index (Phi) is 25.3. The molecule has 23 heavy (non-hydrogen) atoms. The summed E-state index contributed by atoms with van der Waals surface area (Å²) in [4.78, 5) is 9.00. The van der Waals surface area contributed by atoms with Gasteiger partial charge in [0.1, 0.15) is 0 Å². The molecule has 0 saturated carbocycles. The molecule has 0 bridgehead atoms. The summed E-state index contributed by atoms with van der Waals surface area (Å²) < 4.78 is 0. The van der Waals surface area contributed by atoms with Gasteiger partial charge in [-0.25, -0.2) is 0 Å². The first-order valence-electron chi connectivity index (χ1n) is 9.46. The van der Waals surface area contributed by atoms with Gasteiger partial charge in [-0.15, -0.1) is 0 Å². The third kappa shape index (κ3) is 33.9. The minimum absolute atomic E-state index is 0.735. The molecule has 5 heteroatoms. The Balaban J connectivity index is 0. The van der Waals surface area contributed by atoms with E-state index >= 15 is 0 Å². The fourth-order valence-electron chi connectivity index (χ4n) is 2.27. The van der Waals surface area contributed by atoms with Crippen molar-refractivity contribution < 1.29 is 9.90 Å². The molecule has 0 fully saturated rings. The maximum Gasteiger partial charge on any atom is 0.300 e. The van der Waals surface area contributed by atoms with Crippen molar-refractivity contribution in [2.45, 2.75) is 78.1 Å². The van der Waals surface area contributed by atoms with Gasteiger partial charge in [0.25, 0.3) is 5.97 Å². The number of hydrogen-bond acceptors (Lipinski definition) is 4. The molecule has 0 spiro atoms. The van der Waals surface area contributed by atoms with Gasteiger partial charge in [0.2, 0.25) is 0 Å². The fourth-order valence-corrected chi connectivity index (χ4v) is 2.27. The zero-order valence-electron chi connectivity index (χ0n) is 15.5. The predicted octanol–water partition coefficient (Wildman–Crippen LogP) is 3.14. The molecule has 0 unspecified atom stereocenters. The van der Waals surface area contributed by atoms with Crippen LogP contribution in [0.15, 0.2) is 0 Å². The summed E-state index contributed by atoms with van der Waals surface area (Å²) >= 11 is 0. The molecule has 5 N–H and O–H groups in total. The van der Waals surface area contributed by atoms with Gasteiger partial charge < -0.3 is 21.5 Å². The molecule has 0 rings (SSSR count). The Labute approximate surface area is 143 Å². The zero-order valence-corrected chi connectivity index (χ0v) is 15.5. The number of hydrogen-bond donors (Lipinski definition) is 4. The summed E-state index contributed by atoms with van der Waals surface area (Å²) in [7, 11) is 0. The molecule has 0 aliphatic heterocycles. The Bertz CT molecular complexity index is 206. The van der Waals surface area contributed by atoms with E-state index in [-0.39, 0.29) is 0 Å². The number of carbonyl (C=O) groups is 1. The molecule has 5 nitrogen and oxygen atoms in total. The monoisotopic (exact) mass is 331 g/mol. The largest absolute Gasteiger partial charge is 0.481 e. The molecule has 0 saturated heterocycles. The van der Waals surface area contributed by atoms with Gasteiger partial charge in [0, 0.05) is 33.1 Å². The van der Waals surface area contributed by atoms with E-state index in [9.17, 15) is 0 Å². The lowest BCUT2D eigenvalue weighted by atomic mass is 10.1. The van der Waals surface area contributed by atoms with Crippen LogP contribution in [0.2, 0.25) is 0 Å². The van der Waals surface area contributed by atoms with Gasteiger partial charge in [-0.1, -0.05) is 64.7 Å². The maximum atomic E-state index is 9.00. The molecule has 0 heterocycles. The lowest BCUT2D eigenvalue weighted by Gasteiger charge is -2.06. The molecule has 0 amide bonds. The van der Waals surface area contributed by atoms with Crippen LogP contribution < -0.4 is 16.4 Å². The van der Waals surface area contributed by atoms with Crippen molar-refractivity contribution in [2.24, 2.45) is 5.73 Å². The van der Waals surface area contributed by atoms with E-state index in [1.54, 1.807) is 0 Å². The van der Waals surface area contributed by atoms with Gasteiger partial charge in [-0.05, 0) is 13.0 Å². The molecule has 0 aromatic carbocycles. The highest BCUT2D eigenvalue weighted by molar-refractivity contribution is 5.62. The summed E-state index contributed by atoms with van der Waals surface area (Å²) in [5.74, 6) is -0.833. The van der Waals surface area contributed by atoms with Gasteiger partial charge >= 0.3 is 0 Å². The first-order valence-corrected chi connectivity index (χ1v) is 9.46. The number of aliphatic carboxylic acids is 1. The topological polar surface area (TPSA) is 87.4 Å². The number of carboxylic acids is 1. The quantitative estimate of drug-likeness (QED) is 0.326. The molecule has 0 radical (unpaired) electrons. The van der Waals surface area contributed by atoms with E-state index in [0.29, 0.717) is 0 Å². The molecule has 0 aliphatic carbocycles. The van der Waals surface area contributed by atoms with E-state index in [1.165, 1.54) is 70.8 Å². The van der Waals surface area contributed by atoms with Crippen molar-refractivity contribution in [1.29, 1.82) is 0 Å². The summed E-state index contributed by atoms with van der Waals surface area (Å²) in [6.45, 7) is 8.30. The summed E-state index contributed by atoms with van der Waals surface area (Å²) in [6, 6.07) is 0. The Morgan fingerprint density at radius 3 is 1.61 bits per heavy atom. The van der Waals surface area contributed by atoms with Crippen LogP contribution >= 0.6 is 0 Å². The maximum absolute atomic E-state index is 9.00. The van der Waals surface area contributed by atoms with Crippen molar-refractivity contribution in [3.63, 3.8) is 0 Å². The van der Waals surface area contributed by atoms with E-state index in [2.05, 4.69) is 17.6 Å². The summed E-state index contributed by atoms with van der Waals surface area (Å²) in [6.07, 6.45) is 14.1. The predicted molar refractivity (Wildman–Crippen MR) is 99.9 cm³/mol. The number of nitrogens with two attached hydrogens (primary N) is 1. The highest BCUT2D eigenvalue weighted by Gasteiger charge is 1.93. The molecular weight excluding hydrogens is 290 g/mol. The van der Waals surface area contributed by atoms with Crippen LogP contribution in [-0.2, 0) is 4.79 Å². The average Bonchev–Trinajstić information content (AvgIpc) is 2.50. The molecule has 0 aliphatic rings. The molecule has 0 aromatic rings. The first-order chi connectivity index (χ1) is 11.1. The van der Waals surface area contributed by atoms with Gasteiger partial charge in [-0.2, -0.15) is 0 Å². The van der Waals surface area contributed by atoms with Crippen molar-refractivity contribution in [3.05, 3.63) is 0 Å². The van der Waals surface area contributed by atoms with Gasteiger partial charge in [0.15, 0.2) is 0 Å². The highest BCUT2D eigenvalue weighted by Crippen LogP contribution is 2.10. The van der Waals surface area contributed by atoms with Crippen LogP contribution in [0, 0.1) is 0 Å². The molecule has 0 aromatic heterocycles. The molecular formula is C18H41N3O2. The van der Waals surface area contributed by atoms with Gasteiger partial charge in [-0.3, -0.25) is 4.79 Å². The van der Waals surface area contributed by atoms with E-state index in [1.807, 2.05) is 0 Å². The standard InChI is InChI=1S/C16H37N3.C2H4O2/c1-2-3-4-5-6-7-8-9-10-11-13-18-15-16-19-14-12-17;1-2(3)4/h18-19H,2-17H2,1H3;1H3,(H,3,4). The van der Waals surface area contributed by atoms with Crippen molar-refractivity contribution in [2.75, 3.05) is 32.7 Å². The second kappa shape index (κ2) is 23.6. The number of carboxylic acid groups (broad SMARTS) is 1. The first kappa shape index (κ1) is 24.6. The smallest absolute Gasteiger partial charge is 0.300 e. The second-order valence-corrected chi connectivity index (χ2v) is 5.99. The molecule has 140 valence electrons. The lowest BCUT2D eigenvalue weighted by Crippen LogP contribution is -2.31. The van der Waals surface area contributed by atoms with Crippen LogP contribution in [0.4, 0.5) is 0 Å². The minimum atomic E-state index is -0.833. The lowest BCUT2D eigenvalue weighted by molar-refractivity contribution is -0.134. The minimum Gasteiger partial charge on any atom is -0.481 e. The second-order valence-electron chi connectivity index (χ2n) is 5.99. The van der Waals surface area contributed by atoms with E-state index in [4.69, 9.17) is 15.6 Å². The third-order valence-corrected chi connectivity index (χ3v) is 3.51. The van der Waals surface area contributed by atoms with Crippen LogP contribution in [0.3, 0.4) is 0 Å². The number of rotatable bonds is 16. The number of unbranched alkanes of at least 4 members (excludes halogenated alkanes) is 9. The van der Waals surface area contributed by atoms with Crippen LogP contribution in [0.25, 0.3) is 0 Å². The van der Waals surface area contributed by atoms with E-state index in [0.717, 1.165) is 33.1 Å². The molecule has 0 atom stereocenters. The average molecular weight is 332 g/mol. The van der Waals surface area contributed by atoms with Crippen molar-refractivity contribution >= 4 is 5.97 Å². The Morgan fingerprint density at radius 1 is 0.783 bits per heavy atom. The summed E-state index contributed by atoms with van der Waals surface area (Å²) in [5, 5.41) is 14.2. The normalized spacial score (nSPS) is 10.2. The van der Waals surface area contributed by atoms with Crippen LogP contribution in [0.5, 0.6) is 0 Å². The van der Waals surface area contributed by atoms with Gasteiger partial charge in [0.05, 0.1) is 0 Å². The van der Waals surface area contributed by atoms with Crippen molar-refractivity contribution in [1.82, 2.24) is 10.6 Å². The summed E-state index contributed by atoms with van der Waals surface area (Å²) in [5.41, 5.74) is 5.40. The Hall–Kier alpha value is -0.650. The fraction of sp³-hybridized carbons (Fsp3) is 0.944. The number of nitrogens with one attached hydrogen (secondary N) is 2. The SMILES string of the molecule is CC(=O)O.CCCCCCCCCCCCNCCNCCN.